The van der Waals surface area contributed by atoms with Gasteiger partial charge in [0, 0.05) is 13.1 Å². The fourth-order valence-corrected chi connectivity index (χ4v) is 5.15. The maximum absolute atomic E-state index is 12.3. The smallest absolute Gasteiger partial charge is 0.185 e. The van der Waals surface area contributed by atoms with E-state index in [1.54, 1.807) is 6.92 Å². The zero-order chi connectivity index (χ0) is 15.0. The predicted octanol–water partition coefficient (Wildman–Crippen LogP) is 1.26. The van der Waals surface area contributed by atoms with Crippen molar-refractivity contribution in [1.82, 2.24) is 4.37 Å². The third-order valence-electron chi connectivity index (χ3n) is 3.57. The number of nitrogens with zero attached hydrogens (tertiary/aromatic N) is 2. The Labute approximate surface area is 123 Å². The summed E-state index contributed by atoms with van der Waals surface area (Å²) in [4.78, 5) is 2.14. The highest BCUT2D eigenvalue weighted by Gasteiger charge is 2.33. The number of aliphatic hydroxyl groups is 1. The van der Waals surface area contributed by atoms with Crippen LogP contribution in [0.1, 0.15) is 33.1 Å². The predicted molar refractivity (Wildman–Crippen MR) is 80.9 cm³/mol. The number of rotatable bonds is 4. The van der Waals surface area contributed by atoms with Crippen molar-refractivity contribution >= 4 is 32.2 Å². The molecule has 1 aromatic heterocycles. The van der Waals surface area contributed by atoms with E-state index in [1.165, 1.54) is 0 Å². The van der Waals surface area contributed by atoms with Crippen LogP contribution >= 0.6 is 11.5 Å². The summed E-state index contributed by atoms with van der Waals surface area (Å²) in [6, 6.07) is 0. The molecule has 6 nitrogen and oxygen atoms in total. The first kappa shape index (κ1) is 15.5. The van der Waals surface area contributed by atoms with Gasteiger partial charge in [0.2, 0.25) is 0 Å². The van der Waals surface area contributed by atoms with Crippen molar-refractivity contribution in [2.24, 2.45) is 0 Å². The zero-order valence-electron chi connectivity index (χ0n) is 11.8. The van der Waals surface area contributed by atoms with Gasteiger partial charge in [-0.15, -0.1) is 0 Å². The van der Waals surface area contributed by atoms with E-state index in [9.17, 15) is 13.5 Å². The Kier molecular flexibility index (Phi) is 4.27. The summed E-state index contributed by atoms with van der Waals surface area (Å²) in [5, 5.41) is 10.6. The van der Waals surface area contributed by atoms with Crippen LogP contribution in [0.15, 0.2) is 4.90 Å². The molecule has 0 atom stereocenters. The fourth-order valence-electron chi connectivity index (χ4n) is 2.34. The minimum Gasteiger partial charge on any atom is -0.390 e. The van der Waals surface area contributed by atoms with Gasteiger partial charge in [0.25, 0.3) is 0 Å². The van der Waals surface area contributed by atoms with E-state index in [0.717, 1.165) is 11.5 Å². The van der Waals surface area contributed by atoms with Gasteiger partial charge < -0.3 is 15.7 Å². The molecular formula is C12H21N3O3S2. The summed E-state index contributed by atoms with van der Waals surface area (Å²) in [5.74, 6) is 0.171. The molecule has 0 amide bonds. The topological polar surface area (TPSA) is 96.5 Å². The Morgan fingerprint density at radius 1 is 1.45 bits per heavy atom. The summed E-state index contributed by atoms with van der Waals surface area (Å²) in [7, 11) is -3.39. The van der Waals surface area contributed by atoms with E-state index >= 15 is 0 Å². The first-order chi connectivity index (χ1) is 9.27. The van der Waals surface area contributed by atoms with Gasteiger partial charge in [-0.05, 0) is 37.7 Å². The summed E-state index contributed by atoms with van der Waals surface area (Å²) < 4.78 is 28.6. The Bertz CT molecular complexity index is 571. The first-order valence-electron chi connectivity index (χ1n) is 6.72. The summed E-state index contributed by atoms with van der Waals surface area (Å²) in [6.45, 7) is 4.86. The van der Waals surface area contributed by atoms with E-state index in [1.807, 2.05) is 11.8 Å². The number of nitrogen functional groups attached to an aromatic ring is 1. The minimum absolute atomic E-state index is 0.0775. The molecule has 1 aliphatic heterocycles. The molecule has 1 fully saturated rings. The zero-order valence-corrected chi connectivity index (χ0v) is 13.4. The lowest BCUT2D eigenvalue weighted by Gasteiger charge is -2.36. The van der Waals surface area contributed by atoms with Crippen LogP contribution < -0.4 is 10.6 Å². The summed E-state index contributed by atoms with van der Waals surface area (Å²) >= 11 is 1.13. The second-order valence-corrected chi connectivity index (χ2v) is 8.30. The third kappa shape index (κ3) is 3.07. The Hall–Kier alpha value is -0.860. The van der Waals surface area contributed by atoms with Crippen molar-refractivity contribution < 1.29 is 13.5 Å². The highest BCUT2D eigenvalue weighted by molar-refractivity contribution is 7.91. The van der Waals surface area contributed by atoms with Gasteiger partial charge in [-0.3, -0.25) is 0 Å². The first-order valence-corrected chi connectivity index (χ1v) is 9.14. The monoisotopic (exact) mass is 319 g/mol. The maximum atomic E-state index is 12.3. The molecule has 2 rings (SSSR count). The van der Waals surface area contributed by atoms with E-state index in [4.69, 9.17) is 5.73 Å². The number of piperidine rings is 1. The lowest BCUT2D eigenvalue weighted by atomic mass is 9.94. The standard InChI is InChI=1S/C12H21N3O3S2/c1-3-8-20(17,18)9-10(13)14-19-11(9)15-6-4-12(2,16)5-7-15/h16H,3-8H2,1-2H3,(H2,13,14). The van der Waals surface area contributed by atoms with Crippen LogP contribution in [0.5, 0.6) is 0 Å². The second-order valence-electron chi connectivity index (χ2n) is 5.50. The van der Waals surface area contributed by atoms with Crippen LogP contribution in [0.25, 0.3) is 0 Å². The lowest BCUT2D eigenvalue weighted by molar-refractivity contribution is 0.0352. The molecule has 3 N–H and O–H groups in total. The van der Waals surface area contributed by atoms with Crippen molar-refractivity contribution in [2.45, 2.75) is 43.6 Å². The largest absolute Gasteiger partial charge is 0.390 e. The normalized spacial score (nSPS) is 19.2. The molecule has 0 unspecified atom stereocenters. The van der Waals surface area contributed by atoms with E-state index < -0.39 is 15.4 Å². The number of hydrogen-bond acceptors (Lipinski definition) is 7. The van der Waals surface area contributed by atoms with Crippen LogP contribution in [0.2, 0.25) is 0 Å². The Morgan fingerprint density at radius 3 is 2.60 bits per heavy atom. The van der Waals surface area contributed by atoms with Crippen LogP contribution in [0.3, 0.4) is 0 Å². The molecule has 0 bridgehead atoms. The fraction of sp³-hybridized carbons (Fsp3) is 0.750. The summed E-state index contributed by atoms with van der Waals surface area (Å²) in [5.41, 5.74) is 5.09. The molecule has 1 aromatic rings. The molecule has 2 heterocycles. The highest BCUT2D eigenvalue weighted by atomic mass is 32.2. The van der Waals surface area contributed by atoms with Gasteiger partial charge in [0.05, 0.1) is 11.4 Å². The van der Waals surface area contributed by atoms with Crippen molar-refractivity contribution in [1.29, 1.82) is 0 Å². The second kappa shape index (κ2) is 5.50. The average molecular weight is 319 g/mol. The molecule has 0 radical (unpaired) electrons. The van der Waals surface area contributed by atoms with Gasteiger partial charge in [-0.1, -0.05) is 6.92 Å². The number of aromatic nitrogens is 1. The van der Waals surface area contributed by atoms with Crippen LogP contribution in [-0.2, 0) is 9.84 Å². The van der Waals surface area contributed by atoms with Gasteiger partial charge in [-0.25, -0.2) is 8.42 Å². The van der Waals surface area contributed by atoms with Gasteiger partial charge in [-0.2, -0.15) is 4.37 Å². The number of anilines is 2. The molecule has 20 heavy (non-hydrogen) atoms. The van der Waals surface area contributed by atoms with Gasteiger partial charge in [0.15, 0.2) is 15.7 Å². The molecule has 0 aliphatic carbocycles. The number of hydrogen-bond donors (Lipinski definition) is 2. The molecule has 0 spiro atoms. The van der Waals surface area contributed by atoms with Gasteiger partial charge in [0.1, 0.15) is 9.90 Å². The van der Waals surface area contributed by atoms with Crippen LogP contribution in [0, 0.1) is 0 Å². The van der Waals surface area contributed by atoms with Crippen molar-refractivity contribution in [2.75, 3.05) is 29.5 Å². The molecule has 0 aromatic carbocycles. The number of sulfone groups is 1. The molecule has 0 saturated carbocycles. The lowest BCUT2D eigenvalue weighted by Crippen LogP contribution is -2.42. The third-order valence-corrected chi connectivity index (χ3v) is 6.59. The van der Waals surface area contributed by atoms with Crippen molar-refractivity contribution in [3.63, 3.8) is 0 Å². The Balaban J connectivity index is 2.31. The van der Waals surface area contributed by atoms with Crippen molar-refractivity contribution in [3.05, 3.63) is 0 Å². The molecular weight excluding hydrogens is 298 g/mol. The summed E-state index contributed by atoms with van der Waals surface area (Å²) in [6.07, 6.45) is 1.77. The molecule has 8 heteroatoms. The van der Waals surface area contributed by atoms with Crippen LogP contribution in [0.4, 0.5) is 10.8 Å². The average Bonchev–Trinajstić information content (AvgIpc) is 2.72. The SMILES string of the molecule is CCCS(=O)(=O)c1c(N)nsc1N1CCC(C)(O)CC1. The van der Waals surface area contributed by atoms with Crippen molar-refractivity contribution in [3.8, 4) is 0 Å². The molecule has 1 saturated heterocycles. The van der Waals surface area contributed by atoms with E-state index in [2.05, 4.69) is 4.37 Å². The number of nitrogens with two attached hydrogens (primary N) is 1. The van der Waals surface area contributed by atoms with Gasteiger partial charge >= 0.3 is 0 Å². The van der Waals surface area contributed by atoms with E-state index in [0.29, 0.717) is 37.4 Å². The minimum atomic E-state index is -3.39. The molecule has 1 aliphatic rings. The van der Waals surface area contributed by atoms with E-state index in [-0.39, 0.29) is 16.5 Å². The molecule has 114 valence electrons. The quantitative estimate of drug-likeness (QED) is 0.867. The highest BCUT2D eigenvalue weighted by Crippen LogP contribution is 2.38. The van der Waals surface area contributed by atoms with Crippen LogP contribution in [-0.4, -0.2) is 42.3 Å². The maximum Gasteiger partial charge on any atom is 0.185 e. The Morgan fingerprint density at radius 2 is 2.05 bits per heavy atom.